The summed E-state index contributed by atoms with van der Waals surface area (Å²) in [6.45, 7) is 12.9. The largest absolute Gasteiger partial charge is 0.147 e. The molecule has 0 aromatic rings. The second kappa shape index (κ2) is 19.3. The van der Waals surface area contributed by atoms with Gasteiger partial charge in [0.15, 0.2) is 0 Å². The van der Waals surface area contributed by atoms with E-state index < -0.39 is 7.26 Å². The molecular weight excluding hydrogens is 375 g/mol. The zero-order chi connectivity index (χ0) is 19.7. The van der Waals surface area contributed by atoms with Gasteiger partial charge in [-0.1, -0.05) is 0 Å². The summed E-state index contributed by atoms with van der Waals surface area (Å²) < 4.78 is 5.17. The standard InChI is InChI=1S/C23H47O2P.ClH/c1-6-9-18-26(19-10-7-2,20-11-8-3)21-16-14-12-13-15-17-25-23(24)22(4)5;/h26H,4,6-21H2,1-3,5H3;1H. The number of hydrogen-bond acceptors (Lipinski definition) is 2. The van der Waals surface area contributed by atoms with E-state index >= 15 is 0 Å². The van der Waals surface area contributed by atoms with E-state index in [4.69, 9.17) is 4.74 Å². The third kappa shape index (κ3) is 15.5. The van der Waals surface area contributed by atoms with Crippen molar-refractivity contribution in [3.8, 4) is 0 Å². The van der Waals surface area contributed by atoms with Crippen LogP contribution in [0.25, 0.3) is 0 Å². The number of carbonyl (C=O) groups excluding carboxylic acids is 1. The summed E-state index contributed by atoms with van der Waals surface area (Å²) in [5.74, 6) is -0.247. The fourth-order valence-corrected chi connectivity index (χ4v) is 9.64. The van der Waals surface area contributed by atoms with Crippen LogP contribution in [0, 0.1) is 0 Å². The molecule has 0 aromatic carbocycles. The summed E-state index contributed by atoms with van der Waals surface area (Å²) in [7, 11) is -1.04. The Kier molecular flexibility index (Phi) is 20.8. The molecule has 4 heteroatoms. The van der Waals surface area contributed by atoms with E-state index in [2.05, 4.69) is 27.4 Å². The molecule has 164 valence electrons. The smallest absolute Gasteiger partial charge is 0.147 e. The molecule has 0 radical (unpaired) electrons. The van der Waals surface area contributed by atoms with Crippen LogP contribution in [-0.2, 0) is 9.53 Å². The second-order valence-electron chi connectivity index (χ2n) is 8.24. The summed E-state index contributed by atoms with van der Waals surface area (Å²) in [4.78, 5) is 11.3. The molecule has 0 heterocycles. The van der Waals surface area contributed by atoms with Crippen LogP contribution in [0.1, 0.15) is 98.3 Å². The number of halogens is 1. The molecule has 0 atom stereocenters. The normalized spacial score (nSPS) is 11.7. The Bertz CT molecular complexity index is 350. The summed E-state index contributed by atoms with van der Waals surface area (Å²) in [5, 5.41) is 0. The van der Waals surface area contributed by atoms with E-state index in [1.165, 1.54) is 64.2 Å². The Morgan fingerprint density at radius 1 is 0.741 bits per heavy atom. The van der Waals surface area contributed by atoms with Gasteiger partial charge >= 0.3 is 164 Å². The van der Waals surface area contributed by atoms with Gasteiger partial charge in [-0.15, -0.1) is 12.4 Å². The Hall–Kier alpha value is -0.0700. The van der Waals surface area contributed by atoms with Gasteiger partial charge in [-0.2, -0.15) is 0 Å². The molecule has 0 aromatic heterocycles. The third-order valence-electron chi connectivity index (χ3n) is 5.62. The van der Waals surface area contributed by atoms with Crippen LogP contribution in [0.5, 0.6) is 0 Å². The SMILES string of the molecule is C=C(C)C(=O)OCCCCCCC[PH](CCCC)(CCCC)CCCC.Cl. The van der Waals surface area contributed by atoms with Crippen LogP contribution in [-0.4, -0.2) is 37.2 Å². The summed E-state index contributed by atoms with van der Waals surface area (Å²) >= 11 is 0. The zero-order valence-electron chi connectivity index (χ0n) is 18.7. The maximum atomic E-state index is 11.3. The van der Waals surface area contributed by atoms with Crippen LogP contribution in [0.3, 0.4) is 0 Å². The van der Waals surface area contributed by atoms with Crippen molar-refractivity contribution in [3.63, 3.8) is 0 Å². The van der Waals surface area contributed by atoms with Gasteiger partial charge in [0, 0.05) is 0 Å². The molecule has 0 rings (SSSR count). The molecule has 0 unspecified atom stereocenters. The molecule has 0 fully saturated rings. The third-order valence-corrected chi connectivity index (χ3v) is 11.3. The van der Waals surface area contributed by atoms with Crippen LogP contribution < -0.4 is 0 Å². The predicted molar refractivity (Wildman–Crippen MR) is 129 cm³/mol. The van der Waals surface area contributed by atoms with Crippen molar-refractivity contribution >= 4 is 25.6 Å². The first-order valence-electron chi connectivity index (χ1n) is 11.3. The average molecular weight is 423 g/mol. The number of unbranched alkanes of at least 4 members (excludes halogenated alkanes) is 7. The van der Waals surface area contributed by atoms with Gasteiger partial charge in [-0.05, 0) is 0 Å². The van der Waals surface area contributed by atoms with Gasteiger partial charge in [0.05, 0.1) is 0 Å². The maximum Gasteiger partial charge on any atom is -0.147 e. The number of esters is 1. The Morgan fingerprint density at radius 3 is 1.59 bits per heavy atom. The minimum Gasteiger partial charge on any atom is -0.147 e. The molecule has 0 bridgehead atoms. The number of ether oxygens (including phenoxy) is 1. The molecule has 0 aliphatic carbocycles. The summed E-state index contributed by atoms with van der Waals surface area (Å²) in [6, 6.07) is 0. The summed E-state index contributed by atoms with van der Waals surface area (Å²) in [6.07, 6.45) is 20.9. The molecule has 0 saturated heterocycles. The minimum absolute atomic E-state index is 0. The van der Waals surface area contributed by atoms with Crippen molar-refractivity contribution in [1.82, 2.24) is 0 Å². The number of hydrogen-bond donors (Lipinski definition) is 0. The van der Waals surface area contributed by atoms with Crippen molar-refractivity contribution in [2.75, 3.05) is 31.3 Å². The van der Waals surface area contributed by atoms with Crippen molar-refractivity contribution < 1.29 is 9.53 Å². The van der Waals surface area contributed by atoms with E-state index in [1.54, 1.807) is 31.6 Å². The Morgan fingerprint density at radius 2 is 1.15 bits per heavy atom. The van der Waals surface area contributed by atoms with Crippen LogP contribution in [0.2, 0.25) is 0 Å². The number of rotatable bonds is 18. The zero-order valence-corrected chi connectivity index (χ0v) is 20.6. The van der Waals surface area contributed by atoms with E-state index in [0.717, 1.165) is 6.42 Å². The van der Waals surface area contributed by atoms with E-state index in [-0.39, 0.29) is 18.4 Å². The molecule has 0 N–H and O–H groups in total. The van der Waals surface area contributed by atoms with Crippen molar-refractivity contribution in [2.45, 2.75) is 98.3 Å². The number of carbonyl (C=O) groups is 1. The van der Waals surface area contributed by atoms with Crippen LogP contribution >= 0.6 is 19.7 Å². The average Bonchev–Trinajstić information content (AvgIpc) is 2.64. The molecule has 2 nitrogen and oxygen atoms in total. The topological polar surface area (TPSA) is 26.3 Å². The molecule has 27 heavy (non-hydrogen) atoms. The van der Waals surface area contributed by atoms with E-state index in [9.17, 15) is 4.79 Å². The van der Waals surface area contributed by atoms with Crippen LogP contribution in [0.4, 0.5) is 0 Å². The fraction of sp³-hybridized carbons (Fsp3) is 0.870. The Labute approximate surface area is 177 Å². The molecule has 0 aliphatic heterocycles. The van der Waals surface area contributed by atoms with Gasteiger partial charge in [-0.25, -0.2) is 0 Å². The quantitative estimate of drug-likeness (QED) is 0.0981. The van der Waals surface area contributed by atoms with Gasteiger partial charge in [0.2, 0.25) is 0 Å². The molecule has 0 aliphatic rings. The molecule has 0 saturated carbocycles. The second-order valence-corrected chi connectivity index (χ2v) is 13.2. The van der Waals surface area contributed by atoms with Gasteiger partial charge in [0.25, 0.3) is 0 Å². The molecular formula is C23H48ClO2P. The minimum atomic E-state index is -1.04. The van der Waals surface area contributed by atoms with Gasteiger partial charge < -0.3 is 0 Å². The van der Waals surface area contributed by atoms with Crippen molar-refractivity contribution in [1.29, 1.82) is 0 Å². The van der Waals surface area contributed by atoms with Crippen molar-refractivity contribution in [2.24, 2.45) is 0 Å². The van der Waals surface area contributed by atoms with Crippen molar-refractivity contribution in [3.05, 3.63) is 12.2 Å². The first-order valence-corrected chi connectivity index (χ1v) is 14.2. The van der Waals surface area contributed by atoms with E-state index in [0.29, 0.717) is 12.2 Å². The van der Waals surface area contributed by atoms with Gasteiger partial charge in [-0.3, -0.25) is 0 Å². The monoisotopic (exact) mass is 422 g/mol. The van der Waals surface area contributed by atoms with E-state index in [1.807, 2.05) is 0 Å². The summed E-state index contributed by atoms with van der Waals surface area (Å²) in [5.41, 5.74) is 0.498. The maximum absolute atomic E-state index is 11.3. The van der Waals surface area contributed by atoms with Gasteiger partial charge in [0.1, 0.15) is 0 Å². The first kappa shape index (κ1) is 29.1. The first-order chi connectivity index (χ1) is 12.5. The predicted octanol–water partition coefficient (Wildman–Crippen LogP) is 7.63. The van der Waals surface area contributed by atoms with Crippen LogP contribution in [0.15, 0.2) is 12.2 Å². The fourth-order valence-electron chi connectivity index (χ4n) is 3.83. The molecule has 0 amide bonds. The Balaban J connectivity index is 0. The molecule has 0 spiro atoms.